The van der Waals surface area contributed by atoms with Gasteiger partial charge in [-0.15, -0.1) is 10.2 Å². The fraction of sp³-hybridized carbons (Fsp3) is 0.211. The zero-order chi connectivity index (χ0) is 19.2. The van der Waals surface area contributed by atoms with Crippen molar-refractivity contribution in [1.29, 1.82) is 0 Å². The van der Waals surface area contributed by atoms with Crippen LogP contribution in [0.3, 0.4) is 0 Å². The number of thioether (sulfide) groups is 1. The molecule has 0 aliphatic carbocycles. The number of ether oxygens (including phenoxy) is 1. The number of methoxy groups -OCH3 is 1. The van der Waals surface area contributed by atoms with Crippen molar-refractivity contribution >= 4 is 23.4 Å². The van der Waals surface area contributed by atoms with Gasteiger partial charge in [0.1, 0.15) is 11.6 Å². The number of carbonyl (C=O) groups excluding carboxylic acids is 1. The fourth-order valence-corrected chi connectivity index (χ4v) is 3.36. The van der Waals surface area contributed by atoms with Crippen LogP contribution in [-0.4, -0.2) is 33.5 Å². The third-order valence-electron chi connectivity index (χ3n) is 3.85. The zero-order valence-electron chi connectivity index (χ0n) is 15.0. The van der Waals surface area contributed by atoms with Gasteiger partial charge >= 0.3 is 0 Å². The second-order valence-corrected chi connectivity index (χ2v) is 6.54. The summed E-state index contributed by atoms with van der Waals surface area (Å²) < 4.78 is 20.3. The Kier molecular flexibility index (Phi) is 6.08. The minimum absolute atomic E-state index is 0.168. The van der Waals surface area contributed by atoms with E-state index in [0.29, 0.717) is 29.0 Å². The molecule has 3 aromatic rings. The van der Waals surface area contributed by atoms with Crippen molar-refractivity contribution < 1.29 is 13.9 Å². The highest BCUT2D eigenvalue weighted by atomic mass is 32.2. The molecule has 0 saturated heterocycles. The number of hydrogen-bond acceptors (Lipinski definition) is 5. The second-order valence-electron chi connectivity index (χ2n) is 5.59. The number of anilines is 1. The van der Waals surface area contributed by atoms with E-state index in [0.717, 1.165) is 5.56 Å². The van der Waals surface area contributed by atoms with Crippen LogP contribution in [0.1, 0.15) is 6.92 Å². The Morgan fingerprint density at radius 3 is 2.63 bits per heavy atom. The highest BCUT2D eigenvalue weighted by Crippen LogP contribution is 2.26. The molecule has 0 atom stereocenters. The van der Waals surface area contributed by atoms with Crippen LogP contribution in [0.2, 0.25) is 0 Å². The van der Waals surface area contributed by atoms with E-state index in [4.69, 9.17) is 4.74 Å². The second kappa shape index (κ2) is 8.68. The molecule has 6 nitrogen and oxygen atoms in total. The van der Waals surface area contributed by atoms with Gasteiger partial charge in [-0.25, -0.2) is 4.39 Å². The number of amides is 1. The Hall–Kier alpha value is -2.87. The highest BCUT2D eigenvalue weighted by molar-refractivity contribution is 7.99. The van der Waals surface area contributed by atoms with E-state index >= 15 is 0 Å². The molecule has 140 valence electrons. The van der Waals surface area contributed by atoms with Gasteiger partial charge in [-0.3, -0.25) is 4.79 Å². The molecule has 0 unspecified atom stereocenters. The van der Waals surface area contributed by atoms with Gasteiger partial charge in [0.05, 0.1) is 18.6 Å². The van der Waals surface area contributed by atoms with Gasteiger partial charge in [0, 0.05) is 12.1 Å². The molecule has 0 saturated carbocycles. The Labute approximate surface area is 160 Å². The molecule has 0 radical (unpaired) electrons. The summed E-state index contributed by atoms with van der Waals surface area (Å²) in [5.74, 6) is 0.957. The van der Waals surface area contributed by atoms with Gasteiger partial charge in [0.15, 0.2) is 11.0 Å². The first-order valence-electron chi connectivity index (χ1n) is 8.37. The van der Waals surface area contributed by atoms with E-state index < -0.39 is 0 Å². The maximum Gasteiger partial charge on any atom is 0.234 e. The summed E-state index contributed by atoms with van der Waals surface area (Å²) in [6.45, 7) is 2.60. The zero-order valence-corrected chi connectivity index (χ0v) is 15.8. The van der Waals surface area contributed by atoms with Crippen LogP contribution in [0.5, 0.6) is 5.75 Å². The van der Waals surface area contributed by atoms with E-state index in [-0.39, 0.29) is 17.5 Å². The minimum Gasteiger partial charge on any atom is -0.495 e. The molecule has 8 heteroatoms. The van der Waals surface area contributed by atoms with Crippen LogP contribution in [0.25, 0.3) is 11.4 Å². The number of benzene rings is 2. The summed E-state index contributed by atoms with van der Waals surface area (Å²) in [7, 11) is 1.56. The van der Waals surface area contributed by atoms with Crippen LogP contribution in [0.15, 0.2) is 53.7 Å². The highest BCUT2D eigenvalue weighted by Gasteiger charge is 2.15. The quantitative estimate of drug-likeness (QED) is 0.625. The normalized spacial score (nSPS) is 10.6. The Morgan fingerprint density at radius 2 is 1.93 bits per heavy atom. The minimum atomic E-state index is -0.302. The monoisotopic (exact) mass is 386 g/mol. The van der Waals surface area contributed by atoms with E-state index in [2.05, 4.69) is 15.5 Å². The molecule has 1 amide bonds. The molecule has 0 bridgehead atoms. The standard InChI is InChI=1S/C19H19FN4O2S/c1-3-24-18(13-8-10-14(20)11-9-13)22-23-19(24)27-12-17(25)21-15-6-4-5-7-16(15)26-2/h4-11H,3,12H2,1-2H3,(H,21,25). The maximum atomic E-state index is 13.1. The molecule has 0 spiro atoms. The Bertz CT molecular complexity index is 928. The average Bonchev–Trinajstić information content (AvgIpc) is 3.10. The summed E-state index contributed by atoms with van der Waals surface area (Å²) in [5.41, 5.74) is 1.39. The molecule has 2 aromatic carbocycles. The van der Waals surface area contributed by atoms with Gasteiger partial charge in [-0.05, 0) is 43.3 Å². The number of para-hydroxylation sites is 2. The van der Waals surface area contributed by atoms with Gasteiger partial charge in [-0.2, -0.15) is 0 Å². The SMILES string of the molecule is CCn1c(SCC(=O)Nc2ccccc2OC)nnc1-c1ccc(F)cc1. The van der Waals surface area contributed by atoms with Crippen LogP contribution in [0, 0.1) is 5.82 Å². The average molecular weight is 386 g/mol. The molecule has 0 aliphatic heterocycles. The molecule has 0 fully saturated rings. The number of rotatable bonds is 7. The third kappa shape index (κ3) is 4.46. The maximum absolute atomic E-state index is 13.1. The predicted octanol–water partition coefficient (Wildman–Crippen LogP) is 3.84. The first-order valence-corrected chi connectivity index (χ1v) is 9.35. The molecular formula is C19H19FN4O2S. The first kappa shape index (κ1) is 18.9. The van der Waals surface area contributed by atoms with Crippen molar-refractivity contribution in [3.05, 3.63) is 54.3 Å². The van der Waals surface area contributed by atoms with E-state index in [1.54, 1.807) is 31.4 Å². The molecule has 0 aliphatic rings. The summed E-state index contributed by atoms with van der Waals surface area (Å²) in [6, 6.07) is 13.3. The van der Waals surface area contributed by atoms with Crippen molar-refractivity contribution in [2.45, 2.75) is 18.6 Å². The van der Waals surface area contributed by atoms with Crippen molar-refractivity contribution in [2.24, 2.45) is 0 Å². The Balaban J connectivity index is 1.69. The van der Waals surface area contributed by atoms with E-state index in [1.165, 1.54) is 23.9 Å². The fourth-order valence-electron chi connectivity index (χ4n) is 2.56. The molecule has 1 N–H and O–H groups in total. The van der Waals surface area contributed by atoms with Crippen LogP contribution >= 0.6 is 11.8 Å². The number of aromatic nitrogens is 3. The van der Waals surface area contributed by atoms with Crippen LogP contribution in [-0.2, 0) is 11.3 Å². The lowest BCUT2D eigenvalue weighted by atomic mass is 10.2. The molecule has 27 heavy (non-hydrogen) atoms. The first-order chi connectivity index (χ1) is 13.1. The lowest BCUT2D eigenvalue weighted by molar-refractivity contribution is -0.113. The van der Waals surface area contributed by atoms with E-state index in [1.807, 2.05) is 23.6 Å². The van der Waals surface area contributed by atoms with Crippen LogP contribution in [0.4, 0.5) is 10.1 Å². The topological polar surface area (TPSA) is 69.0 Å². The van der Waals surface area contributed by atoms with E-state index in [9.17, 15) is 9.18 Å². The Morgan fingerprint density at radius 1 is 1.19 bits per heavy atom. The van der Waals surface area contributed by atoms with Gasteiger partial charge in [0.25, 0.3) is 0 Å². The molecular weight excluding hydrogens is 367 g/mol. The van der Waals surface area contributed by atoms with Crippen molar-refractivity contribution in [2.75, 3.05) is 18.2 Å². The molecule has 1 heterocycles. The van der Waals surface area contributed by atoms with Crippen molar-refractivity contribution in [3.8, 4) is 17.1 Å². The number of hydrogen-bond donors (Lipinski definition) is 1. The summed E-state index contributed by atoms with van der Waals surface area (Å²) >= 11 is 1.29. The molecule has 3 rings (SSSR count). The predicted molar refractivity (Wildman–Crippen MR) is 103 cm³/mol. The van der Waals surface area contributed by atoms with Crippen molar-refractivity contribution in [1.82, 2.24) is 14.8 Å². The summed E-state index contributed by atoms with van der Waals surface area (Å²) in [6.07, 6.45) is 0. The van der Waals surface area contributed by atoms with Gasteiger partial charge in [-0.1, -0.05) is 23.9 Å². The number of nitrogens with zero attached hydrogens (tertiary/aromatic N) is 3. The molecule has 1 aromatic heterocycles. The third-order valence-corrected chi connectivity index (χ3v) is 4.82. The van der Waals surface area contributed by atoms with Crippen molar-refractivity contribution in [3.63, 3.8) is 0 Å². The number of nitrogens with one attached hydrogen (secondary N) is 1. The number of halogens is 1. The lowest BCUT2D eigenvalue weighted by Crippen LogP contribution is -2.15. The van der Waals surface area contributed by atoms with Crippen LogP contribution < -0.4 is 10.1 Å². The number of carbonyl (C=O) groups is 1. The summed E-state index contributed by atoms with van der Waals surface area (Å²) in [5, 5.41) is 11.8. The summed E-state index contributed by atoms with van der Waals surface area (Å²) in [4.78, 5) is 12.3. The smallest absolute Gasteiger partial charge is 0.234 e. The largest absolute Gasteiger partial charge is 0.495 e. The lowest BCUT2D eigenvalue weighted by Gasteiger charge is -2.10. The van der Waals surface area contributed by atoms with Gasteiger partial charge in [0.2, 0.25) is 5.91 Å². The van der Waals surface area contributed by atoms with Gasteiger partial charge < -0.3 is 14.6 Å².